The van der Waals surface area contributed by atoms with Gasteiger partial charge in [0, 0.05) is 36.8 Å². The molecule has 1 saturated heterocycles. The maximum atomic E-state index is 12.9. The minimum Gasteiger partial charge on any atom is -0.497 e. The molecule has 3 rings (SSSR count). The third kappa shape index (κ3) is 4.05. The lowest BCUT2D eigenvalue weighted by Gasteiger charge is -2.40. The Kier molecular flexibility index (Phi) is 5.64. The highest BCUT2D eigenvalue weighted by molar-refractivity contribution is 5.96. The van der Waals surface area contributed by atoms with Crippen molar-refractivity contribution in [2.24, 2.45) is 0 Å². The lowest BCUT2D eigenvalue weighted by atomic mass is 10.1. The summed E-state index contributed by atoms with van der Waals surface area (Å²) < 4.78 is 10.4. The number of rotatable bonds is 4. The van der Waals surface area contributed by atoms with Crippen molar-refractivity contribution in [2.75, 3.05) is 33.9 Å². The van der Waals surface area contributed by atoms with Crippen LogP contribution in [0.2, 0.25) is 0 Å². The van der Waals surface area contributed by atoms with Gasteiger partial charge < -0.3 is 19.3 Å². The number of hydrogen-bond acceptors (Lipinski definition) is 4. The minimum atomic E-state index is -0.0768. The van der Waals surface area contributed by atoms with Crippen LogP contribution in [0.25, 0.3) is 0 Å². The van der Waals surface area contributed by atoms with Crippen molar-refractivity contribution in [3.8, 4) is 11.5 Å². The summed E-state index contributed by atoms with van der Waals surface area (Å²) in [6.45, 7) is 3.44. The Bertz CT molecular complexity index is 836. The number of piperazine rings is 1. The van der Waals surface area contributed by atoms with Crippen LogP contribution >= 0.6 is 0 Å². The van der Waals surface area contributed by atoms with Gasteiger partial charge in [-0.15, -0.1) is 0 Å². The fraction of sp³-hybridized carbons (Fsp3) is 0.333. The first-order valence-electron chi connectivity index (χ1n) is 8.92. The number of amides is 2. The molecule has 2 aromatic carbocycles. The first-order valence-corrected chi connectivity index (χ1v) is 8.92. The third-order valence-corrected chi connectivity index (χ3v) is 4.81. The van der Waals surface area contributed by atoms with Crippen molar-refractivity contribution < 1.29 is 19.1 Å². The Morgan fingerprint density at radius 1 is 0.889 bits per heavy atom. The fourth-order valence-electron chi connectivity index (χ4n) is 3.30. The van der Waals surface area contributed by atoms with Gasteiger partial charge in [0.25, 0.3) is 11.8 Å². The van der Waals surface area contributed by atoms with E-state index in [0.717, 1.165) is 0 Å². The van der Waals surface area contributed by atoms with Crippen LogP contribution in [-0.4, -0.2) is 61.5 Å². The van der Waals surface area contributed by atoms with Crippen LogP contribution in [0.5, 0.6) is 11.5 Å². The highest BCUT2D eigenvalue weighted by Crippen LogP contribution is 2.20. The lowest BCUT2D eigenvalue weighted by molar-refractivity contribution is 0.0414. The Hall–Kier alpha value is -3.02. The van der Waals surface area contributed by atoms with E-state index in [9.17, 15) is 9.59 Å². The second-order valence-corrected chi connectivity index (χ2v) is 6.56. The zero-order valence-electron chi connectivity index (χ0n) is 15.8. The summed E-state index contributed by atoms with van der Waals surface area (Å²) in [4.78, 5) is 29.2. The zero-order valence-corrected chi connectivity index (χ0v) is 15.8. The van der Waals surface area contributed by atoms with Crippen LogP contribution in [0, 0.1) is 0 Å². The molecule has 0 bridgehead atoms. The molecule has 0 spiro atoms. The molecule has 6 nitrogen and oxygen atoms in total. The molecule has 1 aliphatic rings. The number of methoxy groups -OCH3 is 2. The lowest BCUT2D eigenvalue weighted by Crippen LogP contribution is -2.55. The summed E-state index contributed by atoms with van der Waals surface area (Å²) in [6.07, 6.45) is 0. The maximum absolute atomic E-state index is 12.9. The number of nitrogens with zero attached hydrogens (tertiary/aromatic N) is 2. The van der Waals surface area contributed by atoms with Crippen LogP contribution in [0.1, 0.15) is 27.6 Å². The van der Waals surface area contributed by atoms with Crippen LogP contribution in [-0.2, 0) is 0 Å². The van der Waals surface area contributed by atoms with Crippen molar-refractivity contribution in [1.29, 1.82) is 0 Å². The Balaban J connectivity index is 1.69. The van der Waals surface area contributed by atoms with E-state index in [-0.39, 0.29) is 17.9 Å². The number of benzene rings is 2. The van der Waals surface area contributed by atoms with Crippen LogP contribution in [0.3, 0.4) is 0 Å². The predicted octanol–water partition coefficient (Wildman–Crippen LogP) is 2.69. The summed E-state index contributed by atoms with van der Waals surface area (Å²) in [7, 11) is 3.16. The van der Waals surface area contributed by atoms with Crippen LogP contribution in [0.4, 0.5) is 0 Å². The molecule has 0 aliphatic carbocycles. The van der Waals surface area contributed by atoms with Gasteiger partial charge in [-0.1, -0.05) is 12.1 Å². The quantitative estimate of drug-likeness (QED) is 0.833. The summed E-state index contributed by atoms with van der Waals surface area (Å²) in [5.74, 6) is 1.21. The molecule has 0 aromatic heterocycles. The van der Waals surface area contributed by atoms with Gasteiger partial charge in [-0.05, 0) is 43.3 Å². The molecular formula is C21H24N2O4. The van der Waals surface area contributed by atoms with Gasteiger partial charge in [0.15, 0.2) is 0 Å². The molecule has 1 fully saturated rings. The van der Waals surface area contributed by atoms with E-state index < -0.39 is 0 Å². The summed E-state index contributed by atoms with van der Waals surface area (Å²) in [5.41, 5.74) is 1.18. The van der Waals surface area contributed by atoms with Crippen molar-refractivity contribution in [1.82, 2.24) is 9.80 Å². The van der Waals surface area contributed by atoms with Crippen LogP contribution in [0.15, 0.2) is 48.5 Å². The van der Waals surface area contributed by atoms with Crippen LogP contribution < -0.4 is 9.47 Å². The van der Waals surface area contributed by atoms with Gasteiger partial charge in [0.05, 0.1) is 14.2 Å². The molecule has 0 saturated carbocycles. The molecule has 1 aliphatic heterocycles. The van der Waals surface area contributed by atoms with E-state index in [4.69, 9.17) is 9.47 Å². The smallest absolute Gasteiger partial charge is 0.254 e. The monoisotopic (exact) mass is 368 g/mol. The number of carbonyl (C=O) groups excluding carboxylic acids is 2. The van der Waals surface area contributed by atoms with Crippen molar-refractivity contribution >= 4 is 11.8 Å². The van der Waals surface area contributed by atoms with Gasteiger partial charge in [-0.2, -0.15) is 0 Å². The molecule has 0 unspecified atom stereocenters. The average molecular weight is 368 g/mol. The molecule has 0 radical (unpaired) electrons. The normalized spacial score (nSPS) is 16.8. The largest absolute Gasteiger partial charge is 0.497 e. The Labute approximate surface area is 159 Å². The summed E-state index contributed by atoms with van der Waals surface area (Å²) in [5, 5.41) is 0. The predicted molar refractivity (Wildman–Crippen MR) is 102 cm³/mol. The topological polar surface area (TPSA) is 59.1 Å². The summed E-state index contributed by atoms with van der Waals surface area (Å²) >= 11 is 0. The molecule has 0 N–H and O–H groups in total. The highest BCUT2D eigenvalue weighted by atomic mass is 16.5. The molecule has 2 aromatic rings. The SMILES string of the molecule is COc1cccc(C(=O)N2CCN(C(=O)c3cccc(OC)c3)[C@H](C)C2)c1. The zero-order chi connectivity index (χ0) is 19.4. The molecule has 27 heavy (non-hydrogen) atoms. The minimum absolute atomic E-state index is 0.0464. The van der Waals surface area contributed by atoms with Gasteiger partial charge in [0.2, 0.25) is 0 Å². The van der Waals surface area contributed by atoms with Crippen molar-refractivity contribution in [3.63, 3.8) is 0 Å². The molecule has 6 heteroatoms. The number of ether oxygens (including phenoxy) is 2. The second-order valence-electron chi connectivity index (χ2n) is 6.56. The van der Waals surface area contributed by atoms with Gasteiger partial charge in [-0.25, -0.2) is 0 Å². The highest BCUT2D eigenvalue weighted by Gasteiger charge is 2.30. The van der Waals surface area contributed by atoms with Gasteiger partial charge in [0.1, 0.15) is 11.5 Å². The third-order valence-electron chi connectivity index (χ3n) is 4.81. The standard InChI is InChI=1S/C21H24N2O4/c1-15-14-22(20(24)16-6-4-8-18(12-16)26-2)10-11-23(15)21(25)17-7-5-9-19(13-17)27-3/h4-9,12-13,15H,10-11,14H2,1-3H3/t15-/m1/s1. The van der Waals surface area contributed by atoms with E-state index >= 15 is 0 Å². The Morgan fingerprint density at radius 2 is 1.44 bits per heavy atom. The van der Waals surface area contributed by atoms with E-state index in [2.05, 4.69) is 0 Å². The van der Waals surface area contributed by atoms with Gasteiger partial charge in [-0.3, -0.25) is 9.59 Å². The summed E-state index contributed by atoms with van der Waals surface area (Å²) in [6, 6.07) is 14.2. The van der Waals surface area contributed by atoms with E-state index in [1.165, 1.54) is 0 Å². The van der Waals surface area contributed by atoms with E-state index in [1.54, 1.807) is 55.5 Å². The van der Waals surface area contributed by atoms with Crippen molar-refractivity contribution in [2.45, 2.75) is 13.0 Å². The molecule has 1 heterocycles. The van der Waals surface area contributed by atoms with E-state index in [1.807, 2.05) is 24.0 Å². The number of hydrogen-bond donors (Lipinski definition) is 0. The molecule has 142 valence electrons. The first kappa shape index (κ1) is 18.8. The molecule has 1 atom stereocenters. The first-order chi connectivity index (χ1) is 13.0. The second kappa shape index (κ2) is 8.12. The number of carbonyl (C=O) groups is 2. The maximum Gasteiger partial charge on any atom is 0.254 e. The van der Waals surface area contributed by atoms with Gasteiger partial charge >= 0.3 is 0 Å². The Morgan fingerprint density at radius 3 is 1.96 bits per heavy atom. The van der Waals surface area contributed by atoms with E-state index in [0.29, 0.717) is 42.3 Å². The fourth-order valence-corrected chi connectivity index (χ4v) is 3.30. The average Bonchev–Trinajstić information content (AvgIpc) is 2.72. The van der Waals surface area contributed by atoms with Crippen molar-refractivity contribution in [3.05, 3.63) is 59.7 Å². The molecular weight excluding hydrogens is 344 g/mol. The molecule has 2 amide bonds.